The number of rotatable bonds is 4. The third-order valence-corrected chi connectivity index (χ3v) is 5.04. The Morgan fingerprint density at radius 1 is 1.15 bits per heavy atom. The highest BCUT2D eigenvalue weighted by Gasteiger charge is 2.37. The van der Waals surface area contributed by atoms with Gasteiger partial charge >= 0.3 is 0 Å². The zero-order valence-electron chi connectivity index (χ0n) is 15.0. The van der Waals surface area contributed by atoms with E-state index in [-0.39, 0.29) is 11.7 Å². The molecule has 0 aliphatic carbocycles. The molecule has 0 atom stereocenters. The summed E-state index contributed by atoms with van der Waals surface area (Å²) < 4.78 is 24.4. The Morgan fingerprint density at radius 2 is 1.93 bits per heavy atom. The van der Waals surface area contributed by atoms with Crippen molar-refractivity contribution in [1.82, 2.24) is 15.1 Å². The molecule has 0 N–H and O–H groups in total. The van der Waals surface area contributed by atoms with Crippen LogP contribution in [0.25, 0.3) is 22.8 Å². The lowest BCUT2D eigenvalue weighted by Gasteiger charge is -2.36. The molecule has 4 rings (SSSR count). The van der Waals surface area contributed by atoms with Gasteiger partial charge in [-0.3, -0.25) is 4.79 Å². The highest BCUT2D eigenvalue weighted by atomic mass is 19.1. The van der Waals surface area contributed by atoms with E-state index in [1.807, 2.05) is 13.8 Å². The van der Waals surface area contributed by atoms with E-state index in [4.69, 9.17) is 9.26 Å². The van der Waals surface area contributed by atoms with Gasteiger partial charge in [0.05, 0.1) is 12.0 Å². The van der Waals surface area contributed by atoms with Gasteiger partial charge in [0.1, 0.15) is 11.4 Å². The zero-order valence-corrected chi connectivity index (χ0v) is 15.0. The van der Waals surface area contributed by atoms with E-state index in [9.17, 15) is 9.18 Å². The highest BCUT2D eigenvalue weighted by Crippen LogP contribution is 2.38. The maximum absolute atomic E-state index is 13.0. The highest BCUT2D eigenvalue weighted by molar-refractivity contribution is 6.01. The standard InChI is InChI=1S/C20H18FN3O3/c1-3-20(4-2)10-15(25)14-9-12(5-7-16(14)26-20)19-23-18(24-27-19)13-6-8-17(21)22-11-13/h5-9,11H,3-4,10H2,1-2H3. The molecule has 1 aliphatic heterocycles. The Labute approximate surface area is 155 Å². The average Bonchev–Trinajstić information content (AvgIpc) is 3.18. The molecule has 0 saturated carbocycles. The van der Waals surface area contributed by atoms with Crippen LogP contribution < -0.4 is 4.74 Å². The van der Waals surface area contributed by atoms with E-state index in [2.05, 4.69) is 15.1 Å². The Hall–Kier alpha value is -3.09. The summed E-state index contributed by atoms with van der Waals surface area (Å²) >= 11 is 0. The normalized spacial score (nSPS) is 15.3. The van der Waals surface area contributed by atoms with Crippen molar-refractivity contribution >= 4 is 5.78 Å². The summed E-state index contributed by atoms with van der Waals surface area (Å²) in [5, 5.41) is 3.91. The summed E-state index contributed by atoms with van der Waals surface area (Å²) in [5.41, 5.74) is 1.26. The van der Waals surface area contributed by atoms with Crippen LogP contribution in [0, 0.1) is 5.95 Å². The summed E-state index contributed by atoms with van der Waals surface area (Å²) in [5.74, 6) is 0.623. The van der Waals surface area contributed by atoms with E-state index in [0.717, 1.165) is 12.8 Å². The molecule has 1 aromatic carbocycles. The smallest absolute Gasteiger partial charge is 0.258 e. The van der Waals surface area contributed by atoms with Gasteiger partial charge in [-0.25, -0.2) is 4.98 Å². The molecule has 0 bridgehead atoms. The van der Waals surface area contributed by atoms with Gasteiger partial charge in [0, 0.05) is 17.3 Å². The van der Waals surface area contributed by atoms with Crippen LogP contribution in [-0.2, 0) is 0 Å². The number of Topliss-reactive ketones (excluding diaryl/α,β-unsaturated/α-hetero) is 1. The molecule has 7 heteroatoms. The lowest BCUT2D eigenvalue weighted by atomic mass is 9.85. The van der Waals surface area contributed by atoms with E-state index in [0.29, 0.717) is 34.7 Å². The number of carbonyl (C=O) groups is 1. The van der Waals surface area contributed by atoms with Gasteiger partial charge in [0.15, 0.2) is 5.78 Å². The van der Waals surface area contributed by atoms with Crippen LogP contribution in [0.1, 0.15) is 43.5 Å². The van der Waals surface area contributed by atoms with Gasteiger partial charge in [-0.05, 0) is 43.2 Å². The summed E-state index contributed by atoms with van der Waals surface area (Å²) in [7, 11) is 0. The first-order chi connectivity index (χ1) is 13.0. The number of carbonyl (C=O) groups excluding carboxylic acids is 1. The molecule has 2 aromatic heterocycles. The van der Waals surface area contributed by atoms with Gasteiger partial charge in [-0.15, -0.1) is 0 Å². The first-order valence-electron chi connectivity index (χ1n) is 8.86. The first-order valence-corrected chi connectivity index (χ1v) is 8.86. The predicted molar refractivity (Wildman–Crippen MR) is 95.8 cm³/mol. The maximum atomic E-state index is 13.0. The van der Waals surface area contributed by atoms with E-state index < -0.39 is 11.5 Å². The number of aromatic nitrogens is 3. The summed E-state index contributed by atoms with van der Waals surface area (Å²) in [4.78, 5) is 20.6. The molecule has 6 nitrogen and oxygen atoms in total. The van der Waals surface area contributed by atoms with Crippen molar-refractivity contribution in [3.8, 4) is 28.6 Å². The van der Waals surface area contributed by atoms with Gasteiger partial charge in [0.2, 0.25) is 11.8 Å². The minimum Gasteiger partial charge on any atom is -0.486 e. The topological polar surface area (TPSA) is 78.1 Å². The Kier molecular flexibility index (Phi) is 4.22. The van der Waals surface area contributed by atoms with Crippen molar-refractivity contribution < 1.29 is 18.4 Å². The summed E-state index contributed by atoms with van der Waals surface area (Å²) in [6, 6.07) is 8.02. The largest absolute Gasteiger partial charge is 0.486 e. The average molecular weight is 367 g/mol. The van der Waals surface area contributed by atoms with Crippen LogP contribution in [0.2, 0.25) is 0 Å². The molecule has 1 aliphatic rings. The SMILES string of the molecule is CCC1(CC)CC(=O)c2cc(-c3nc(-c4ccc(F)nc4)no3)ccc2O1. The minimum absolute atomic E-state index is 0.0456. The lowest BCUT2D eigenvalue weighted by Crippen LogP contribution is -2.40. The van der Waals surface area contributed by atoms with Crippen molar-refractivity contribution in [2.45, 2.75) is 38.7 Å². The van der Waals surface area contributed by atoms with Crippen LogP contribution in [0.5, 0.6) is 5.75 Å². The van der Waals surface area contributed by atoms with Crippen molar-refractivity contribution in [1.29, 1.82) is 0 Å². The molecule has 0 radical (unpaired) electrons. The van der Waals surface area contributed by atoms with E-state index >= 15 is 0 Å². The number of hydrogen-bond donors (Lipinski definition) is 0. The number of halogens is 1. The van der Waals surface area contributed by atoms with Crippen molar-refractivity contribution in [3.63, 3.8) is 0 Å². The fourth-order valence-corrected chi connectivity index (χ4v) is 3.24. The second-order valence-electron chi connectivity index (χ2n) is 6.60. The monoisotopic (exact) mass is 367 g/mol. The molecular formula is C20H18FN3O3. The third kappa shape index (κ3) is 3.09. The van der Waals surface area contributed by atoms with Gasteiger partial charge in [-0.1, -0.05) is 19.0 Å². The van der Waals surface area contributed by atoms with Crippen molar-refractivity contribution in [2.24, 2.45) is 0 Å². The molecule has 0 saturated heterocycles. The first kappa shape index (κ1) is 17.3. The minimum atomic E-state index is -0.578. The Morgan fingerprint density at radius 3 is 2.63 bits per heavy atom. The van der Waals surface area contributed by atoms with E-state index in [1.54, 1.807) is 18.2 Å². The molecule has 3 heterocycles. The number of fused-ring (bicyclic) bond motifs is 1. The van der Waals surface area contributed by atoms with Crippen molar-refractivity contribution in [2.75, 3.05) is 0 Å². The van der Waals surface area contributed by atoms with Crippen LogP contribution in [-0.4, -0.2) is 26.5 Å². The second-order valence-corrected chi connectivity index (χ2v) is 6.60. The Balaban J connectivity index is 1.66. The Bertz CT molecular complexity index is 994. The van der Waals surface area contributed by atoms with Gasteiger partial charge < -0.3 is 9.26 Å². The number of nitrogens with zero attached hydrogens (tertiary/aromatic N) is 3. The van der Waals surface area contributed by atoms with Crippen LogP contribution in [0.15, 0.2) is 41.1 Å². The molecule has 0 fully saturated rings. The molecule has 27 heavy (non-hydrogen) atoms. The molecule has 0 unspecified atom stereocenters. The van der Waals surface area contributed by atoms with Gasteiger partial charge in [-0.2, -0.15) is 9.37 Å². The maximum Gasteiger partial charge on any atom is 0.258 e. The number of ether oxygens (including phenoxy) is 1. The van der Waals surface area contributed by atoms with Crippen LogP contribution in [0.4, 0.5) is 4.39 Å². The fraction of sp³-hybridized carbons (Fsp3) is 0.300. The number of benzene rings is 1. The predicted octanol–water partition coefficient (Wildman–Crippen LogP) is 4.46. The third-order valence-electron chi connectivity index (χ3n) is 5.04. The van der Waals surface area contributed by atoms with Crippen LogP contribution in [0.3, 0.4) is 0 Å². The zero-order chi connectivity index (χ0) is 19.0. The molecule has 138 valence electrons. The van der Waals surface area contributed by atoms with Gasteiger partial charge in [0.25, 0.3) is 5.89 Å². The number of hydrogen-bond acceptors (Lipinski definition) is 6. The number of ketones is 1. The summed E-state index contributed by atoms with van der Waals surface area (Å²) in [6.45, 7) is 4.06. The van der Waals surface area contributed by atoms with Crippen molar-refractivity contribution in [3.05, 3.63) is 48.0 Å². The second kappa shape index (κ2) is 6.57. The molecule has 0 spiro atoms. The fourth-order valence-electron chi connectivity index (χ4n) is 3.24. The van der Waals surface area contributed by atoms with Crippen LogP contribution >= 0.6 is 0 Å². The van der Waals surface area contributed by atoms with E-state index in [1.165, 1.54) is 18.3 Å². The molecule has 3 aromatic rings. The number of pyridine rings is 1. The summed E-state index contributed by atoms with van der Waals surface area (Å²) in [6.07, 6.45) is 3.24. The lowest BCUT2D eigenvalue weighted by molar-refractivity contribution is 0.0350. The quantitative estimate of drug-likeness (QED) is 0.634. The molecule has 0 amide bonds. The molecular weight excluding hydrogens is 349 g/mol.